The average Bonchev–Trinajstić information content (AvgIpc) is 2.09. The second kappa shape index (κ2) is 9.38. The van der Waals surface area contributed by atoms with Gasteiger partial charge in [0.05, 0.1) is 0 Å². The number of hydrogen-bond donors (Lipinski definition) is 3. The van der Waals surface area contributed by atoms with Gasteiger partial charge in [-0.05, 0) is 20.5 Å². The number of nitrogens with zero attached hydrogens (tertiary/aromatic N) is 1. The minimum atomic E-state index is -1.00. The van der Waals surface area contributed by atoms with Crippen LogP contribution in [0.3, 0.4) is 0 Å². The van der Waals surface area contributed by atoms with Crippen LogP contribution >= 0.6 is 12.4 Å². The highest BCUT2D eigenvalue weighted by molar-refractivity contribution is 5.85. The Morgan fingerprint density at radius 1 is 1.31 bits per heavy atom. The van der Waals surface area contributed by atoms with Crippen LogP contribution in [0.4, 0.5) is 0 Å². The molecule has 0 aromatic rings. The molecule has 7 heteroatoms. The van der Waals surface area contributed by atoms with Gasteiger partial charge >= 0.3 is 11.9 Å². The van der Waals surface area contributed by atoms with Crippen molar-refractivity contribution in [1.82, 2.24) is 10.2 Å². The van der Waals surface area contributed by atoms with Gasteiger partial charge in [0.15, 0.2) is 0 Å². The first-order valence-electron chi connectivity index (χ1n) is 4.76. The molecule has 1 unspecified atom stereocenters. The summed E-state index contributed by atoms with van der Waals surface area (Å²) in [5, 5.41) is 20.0. The van der Waals surface area contributed by atoms with Crippen molar-refractivity contribution < 1.29 is 19.8 Å². The van der Waals surface area contributed by atoms with Gasteiger partial charge in [0, 0.05) is 19.5 Å². The van der Waals surface area contributed by atoms with E-state index in [0.717, 1.165) is 6.54 Å². The van der Waals surface area contributed by atoms with E-state index in [-0.39, 0.29) is 25.2 Å². The van der Waals surface area contributed by atoms with E-state index >= 15 is 0 Å². The van der Waals surface area contributed by atoms with Crippen molar-refractivity contribution in [3.05, 3.63) is 0 Å². The van der Waals surface area contributed by atoms with Crippen LogP contribution in [0.1, 0.15) is 12.8 Å². The normalized spacial score (nSPS) is 11.9. The van der Waals surface area contributed by atoms with Gasteiger partial charge in [0.2, 0.25) is 0 Å². The van der Waals surface area contributed by atoms with Gasteiger partial charge in [0.1, 0.15) is 6.04 Å². The van der Waals surface area contributed by atoms with Gasteiger partial charge in [-0.25, -0.2) is 0 Å². The lowest BCUT2D eigenvalue weighted by Crippen LogP contribution is -2.40. The monoisotopic (exact) mass is 254 g/mol. The Morgan fingerprint density at radius 3 is 2.25 bits per heavy atom. The Hall–Kier alpha value is -0.850. The first kappa shape index (κ1) is 17.5. The van der Waals surface area contributed by atoms with Crippen molar-refractivity contribution in [1.29, 1.82) is 0 Å². The van der Waals surface area contributed by atoms with E-state index in [2.05, 4.69) is 5.32 Å². The SMILES string of the molecule is CN(C)CCNC(CCC(=O)O)C(=O)O.Cl. The molecule has 0 aromatic heterocycles. The third kappa shape index (κ3) is 9.70. The van der Waals surface area contributed by atoms with Crippen molar-refractivity contribution in [3.8, 4) is 0 Å². The van der Waals surface area contributed by atoms with Gasteiger partial charge in [0.25, 0.3) is 0 Å². The Kier molecular flexibility index (Phi) is 10.3. The van der Waals surface area contributed by atoms with E-state index in [4.69, 9.17) is 10.2 Å². The summed E-state index contributed by atoms with van der Waals surface area (Å²) in [6, 6.07) is -0.777. The Labute approximate surface area is 101 Å². The van der Waals surface area contributed by atoms with Crippen LogP contribution < -0.4 is 5.32 Å². The summed E-state index contributed by atoms with van der Waals surface area (Å²) in [5.41, 5.74) is 0. The van der Waals surface area contributed by atoms with Crippen molar-refractivity contribution in [2.24, 2.45) is 0 Å². The maximum Gasteiger partial charge on any atom is 0.320 e. The van der Waals surface area contributed by atoms with E-state index in [0.29, 0.717) is 6.54 Å². The quantitative estimate of drug-likeness (QED) is 0.560. The van der Waals surface area contributed by atoms with Gasteiger partial charge in [-0.2, -0.15) is 0 Å². The van der Waals surface area contributed by atoms with E-state index in [1.54, 1.807) is 0 Å². The number of carboxylic acid groups (broad SMARTS) is 2. The summed E-state index contributed by atoms with van der Waals surface area (Å²) in [4.78, 5) is 22.9. The van der Waals surface area contributed by atoms with Gasteiger partial charge in [-0.1, -0.05) is 0 Å². The summed E-state index contributed by atoms with van der Waals surface area (Å²) in [6.45, 7) is 1.25. The predicted octanol–water partition coefficient (Wildman–Crippen LogP) is -0.123. The van der Waals surface area contributed by atoms with Crippen LogP contribution in [-0.4, -0.2) is 60.3 Å². The van der Waals surface area contributed by atoms with Crippen molar-refractivity contribution >= 4 is 24.3 Å². The molecule has 96 valence electrons. The fourth-order valence-corrected chi connectivity index (χ4v) is 1.04. The zero-order chi connectivity index (χ0) is 11.8. The number of hydrogen-bond acceptors (Lipinski definition) is 4. The van der Waals surface area contributed by atoms with E-state index in [1.165, 1.54) is 0 Å². The molecule has 0 saturated heterocycles. The molecule has 0 heterocycles. The fourth-order valence-electron chi connectivity index (χ4n) is 1.04. The topological polar surface area (TPSA) is 89.9 Å². The Bertz CT molecular complexity index is 224. The molecule has 6 nitrogen and oxygen atoms in total. The van der Waals surface area contributed by atoms with Gasteiger partial charge in [-0.15, -0.1) is 12.4 Å². The first-order valence-corrected chi connectivity index (χ1v) is 4.76. The van der Waals surface area contributed by atoms with Crippen LogP contribution in [-0.2, 0) is 9.59 Å². The minimum absolute atomic E-state index is 0. The summed E-state index contributed by atoms with van der Waals surface area (Å²) >= 11 is 0. The maximum atomic E-state index is 10.7. The number of rotatable bonds is 8. The molecule has 0 bridgehead atoms. The first-order chi connectivity index (χ1) is 6.93. The number of halogens is 1. The maximum absolute atomic E-state index is 10.7. The molecule has 1 atom stereocenters. The summed E-state index contributed by atoms with van der Waals surface area (Å²) in [6.07, 6.45) is -0.0238. The Balaban J connectivity index is 0. The zero-order valence-electron chi connectivity index (χ0n) is 9.47. The second-order valence-electron chi connectivity index (χ2n) is 3.58. The largest absolute Gasteiger partial charge is 0.481 e. The molecule has 0 aliphatic carbocycles. The molecule has 0 saturated carbocycles. The second-order valence-corrected chi connectivity index (χ2v) is 3.58. The lowest BCUT2D eigenvalue weighted by molar-refractivity contribution is -0.140. The molecule has 0 spiro atoms. The molecule has 0 fully saturated rings. The average molecular weight is 255 g/mol. The van der Waals surface area contributed by atoms with Gasteiger partial charge in [-0.3, -0.25) is 9.59 Å². The third-order valence-corrected chi connectivity index (χ3v) is 1.89. The molecule has 16 heavy (non-hydrogen) atoms. The highest BCUT2D eigenvalue weighted by Crippen LogP contribution is 1.97. The van der Waals surface area contributed by atoms with Crippen molar-refractivity contribution in [3.63, 3.8) is 0 Å². The summed E-state index contributed by atoms with van der Waals surface area (Å²) < 4.78 is 0. The predicted molar refractivity (Wildman–Crippen MR) is 62.1 cm³/mol. The lowest BCUT2D eigenvalue weighted by Gasteiger charge is -2.15. The van der Waals surface area contributed by atoms with E-state index in [9.17, 15) is 9.59 Å². The van der Waals surface area contributed by atoms with Crippen LogP contribution in [0.25, 0.3) is 0 Å². The molecular weight excluding hydrogens is 236 g/mol. The molecule has 0 aromatic carbocycles. The molecule has 0 aliphatic rings. The van der Waals surface area contributed by atoms with Gasteiger partial charge < -0.3 is 20.4 Å². The number of carbonyl (C=O) groups is 2. The number of nitrogens with one attached hydrogen (secondary N) is 1. The fraction of sp³-hybridized carbons (Fsp3) is 0.778. The van der Waals surface area contributed by atoms with E-state index in [1.807, 2.05) is 19.0 Å². The highest BCUT2D eigenvalue weighted by atomic mass is 35.5. The number of carboxylic acids is 2. The molecule has 0 aliphatic heterocycles. The minimum Gasteiger partial charge on any atom is -0.481 e. The highest BCUT2D eigenvalue weighted by Gasteiger charge is 2.17. The van der Waals surface area contributed by atoms with Crippen LogP contribution in [0, 0.1) is 0 Å². The molecule has 0 radical (unpaired) electrons. The number of likely N-dealkylation sites (N-methyl/N-ethyl adjacent to an activating group) is 1. The molecule has 3 N–H and O–H groups in total. The standard InChI is InChI=1S/C9H18N2O4.ClH/c1-11(2)6-5-10-7(9(14)15)3-4-8(12)13;/h7,10H,3-6H2,1-2H3,(H,12,13)(H,14,15);1H. The van der Waals surface area contributed by atoms with E-state index < -0.39 is 18.0 Å². The third-order valence-electron chi connectivity index (χ3n) is 1.89. The molecular formula is C9H19ClN2O4. The molecule has 0 amide bonds. The van der Waals surface area contributed by atoms with Crippen molar-refractivity contribution in [2.75, 3.05) is 27.2 Å². The smallest absolute Gasteiger partial charge is 0.320 e. The van der Waals surface area contributed by atoms with Crippen LogP contribution in [0.2, 0.25) is 0 Å². The summed E-state index contributed by atoms with van der Waals surface area (Å²) in [7, 11) is 3.77. The summed E-state index contributed by atoms with van der Waals surface area (Å²) in [5.74, 6) is -1.98. The molecule has 0 rings (SSSR count). The Morgan fingerprint density at radius 2 is 1.88 bits per heavy atom. The van der Waals surface area contributed by atoms with Crippen molar-refractivity contribution in [2.45, 2.75) is 18.9 Å². The zero-order valence-corrected chi connectivity index (χ0v) is 10.3. The lowest BCUT2D eigenvalue weighted by atomic mass is 10.1. The van der Waals surface area contributed by atoms with Crippen LogP contribution in [0.5, 0.6) is 0 Å². The number of aliphatic carboxylic acids is 2. The van der Waals surface area contributed by atoms with Crippen LogP contribution in [0.15, 0.2) is 0 Å².